The van der Waals surface area contributed by atoms with Crippen molar-refractivity contribution in [3.63, 3.8) is 0 Å². The van der Waals surface area contributed by atoms with Gasteiger partial charge in [-0.3, -0.25) is 9.59 Å². The van der Waals surface area contributed by atoms with E-state index < -0.39 is 18.1 Å². The van der Waals surface area contributed by atoms with E-state index in [1.54, 1.807) is 36.4 Å². The quantitative estimate of drug-likeness (QED) is 0.480. The standard InChI is InChI=1S/C30H30FNO5/c1-29(2)14-22-12-19(8-10-25(22)36-29)17-32(18-27(33)34)28(35)20-9-11-26-23(13-20)16-30(3,37-26)15-21-6-4-5-7-24(21)31/h4-13H,14-18H2,1-3H3,(H,33,34)/t30-/m1/s1. The molecule has 7 heteroatoms. The number of carboxylic acid groups (broad SMARTS) is 1. The Kier molecular flexibility index (Phi) is 6.18. The molecule has 1 N–H and O–H groups in total. The highest BCUT2D eigenvalue weighted by Crippen LogP contribution is 2.38. The molecule has 0 aliphatic carbocycles. The van der Waals surface area contributed by atoms with Crippen LogP contribution < -0.4 is 9.47 Å². The topological polar surface area (TPSA) is 76.1 Å². The van der Waals surface area contributed by atoms with E-state index in [1.807, 2.05) is 39.0 Å². The zero-order valence-electron chi connectivity index (χ0n) is 21.2. The van der Waals surface area contributed by atoms with Crippen LogP contribution in [0.15, 0.2) is 60.7 Å². The molecule has 0 aromatic heterocycles. The maximum absolute atomic E-state index is 14.2. The van der Waals surface area contributed by atoms with Crippen molar-refractivity contribution in [2.45, 2.75) is 57.8 Å². The lowest BCUT2D eigenvalue weighted by molar-refractivity contribution is -0.137. The van der Waals surface area contributed by atoms with E-state index in [-0.39, 0.29) is 23.9 Å². The molecule has 2 heterocycles. The van der Waals surface area contributed by atoms with Crippen LogP contribution in [0, 0.1) is 5.82 Å². The molecule has 0 radical (unpaired) electrons. The number of hydrogen-bond donors (Lipinski definition) is 1. The molecule has 1 amide bonds. The van der Waals surface area contributed by atoms with Crippen LogP contribution >= 0.6 is 0 Å². The number of ether oxygens (including phenoxy) is 2. The van der Waals surface area contributed by atoms with E-state index >= 15 is 0 Å². The van der Waals surface area contributed by atoms with Gasteiger partial charge in [-0.25, -0.2) is 4.39 Å². The fraction of sp³-hybridized carbons (Fsp3) is 0.333. The summed E-state index contributed by atoms with van der Waals surface area (Å²) in [7, 11) is 0. The first-order chi connectivity index (χ1) is 17.5. The zero-order valence-corrected chi connectivity index (χ0v) is 21.2. The average Bonchev–Trinajstić information content (AvgIpc) is 3.32. The lowest BCUT2D eigenvalue weighted by atomic mass is 9.91. The monoisotopic (exact) mass is 503 g/mol. The molecule has 37 heavy (non-hydrogen) atoms. The van der Waals surface area contributed by atoms with E-state index in [1.165, 1.54) is 11.0 Å². The number of carbonyl (C=O) groups is 2. The summed E-state index contributed by atoms with van der Waals surface area (Å²) in [5.74, 6) is -0.251. The molecule has 0 saturated heterocycles. The minimum atomic E-state index is -1.08. The van der Waals surface area contributed by atoms with Gasteiger partial charge >= 0.3 is 5.97 Å². The first kappa shape index (κ1) is 24.8. The molecule has 5 rings (SSSR count). The summed E-state index contributed by atoms with van der Waals surface area (Å²) in [6.07, 6.45) is 1.65. The summed E-state index contributed by atoms with van der Waals surface area (Å²) < 4.78 is 26.3. The van der Waals surface area contributed by atoms with Gasteiger partial charge in [-0.15, -0.1) is 0 Å². The number of amides is 1. The third kappa shape index (κ3) is 5.31. The molecule has 6 nitrogen and oxygen atoms in total. The molecular weight excluding hydrogens is 473 g/mol. The van der Waals surface area contributed by atoms with E-state index in [2.05, 4.69) is 0 Å². The maximum atomic E-state index is 14.2. The van der Waals surface area contributed by atoms with Crippen LogP contribution in [-0.4, -0.2) is 39.6 Å². The van der Waals surface area contributed by atoms with Gasteiger partial charge in [0, 0.05) is 31.4 Å². The van der Waals surface area contributed by atoms with Crippen LogP contribution in [0.25, 0.3) is 0 Å². The second-order valence-electron chi connectivity index (χ2n) is 10.9. The molecule has 2 aliphatic heterocycles. The maximum Gasteiger partial charge on any atom is 0.323 e. The van der Waals surface area contributed by atoms with Crippen LogP contribution in [0.5, 0.6) is 11.5 Å². The van der Waals surface area contributed by atoms with Gasteiger partial charge in [0.15, 0.2) is 0 Å². The Labute approximate surface area is 215 Å². The Balaban J connectivity index is 1.34. The smallest absolute Gasteiger partial charge is 0.323 e. The highest BCUT2D eigenvalue weighted by atomic mass is 19.1. The second-order valence-corrected chi connectivity index (χ2v) is 10.9. The molecular formula is C30H30FNO5. The van der Waals surface area contributed by atoms with Crippen molar-refractivity contribution >= 4 is 11.9 Å². The number of fused-ring (bicyclic) bond motifs is 2. The van der Waals surface area contributed by atoms with Gasteiger partial charge in [0.1, 0.15) is 35.1 Å². The van der Waals surface area contributed by atoms with Gasteiger partial charge < -0.3 is 19.5 Å². The lowest BCUT2D eigenvalue weighted by Crippen LogP contribution is -2.35. The predicted octanol–water partition coefficient (Wildman–Crippen LogP) is 5.20. The molecule has 3 aromatic rings. The number of hydrogen-bond acceptors (Lipinski definition) is 4. The van der Waals surface area contributed by atoms with Crippen LogP contribution in [0.3, 0.4) is 0 Å². The fourth-order valence-electron chi connectivity index (χ4n) is 5.32. The highest BCUT2D eigenvalue weighted by Gasteiger charge is 2.36. The number of benzene rings is 3. The summed E-state index contributed by atoms with van der Waals surface area (Å²) in [5.41, 5.74) is 2.77. The summed E-state index contributed by atoms with van der Waals surface area (Å²) in [6, 6.07) is 17.5. The highest BCUT2D eigenvalue weighted by molar-refractivity contribution is 5.96. The van der Waals surface area contributed by atoms with Crippen molar-refractivity contribution < 1.29 is 28.6 Å². The molecule has 0 saturated carbocycles. The van der Waals surface area contributed by atoms with Gasteiger partial charge in [0.2, 0.25) is 0 Å². The Morgan fingerprint density at radius 2 is 1.65 bits per heavy atom. The van der Waals surface area contributed by atoms with Crippen molar-refractivity contribution in [1.82, 2.24) is 4.90 Å². The molecule has 0 bridgehead atoms. The number of aliphatic carboxylic acids is 1. The van der Waals surface area contributed by atoms with Gasteiger partial charge in [-0.05, 0) is 73.4 Å². The first-order valence-electron chi connectivity index (χ1n) is 12.4. The number of carboxylic acids is 1. The van der Waals surface area contributed by atoms with Crippen molar-refractivity contribution in [2.24, 2.45) is 0 Å². The molecule has 0 fully saturated rings. The Morgan fingerprint density at radius 1 is 0.946 bits per heavy atom. The molecule has 3 aromatic carbocycles. The van der Waals surface area contributed by atoms with Crippen molar-refractivity contribution in [2.75, 3.05) is 6.54 Å². The summed E-state index contributed by atoms with van der Waals surface area (Å²) >= 11 is 0. The summed E-state index contributed by atoms with van der Waals surface area (Å²) in [6.45, 7) is 5.71. The molecule has 0 unspecified atom stereocenters. The number of carbonyl (C=O) groups excluding carboxylic acids is 1. The van der Waals surface area contributed by atoms with Gasteiger partial charge in [0.05, 0.1) is 0 Å². The van der Waals surface area contributed by atoms with Crippen molar-refractivity contribution in [3.8, 4) is 11.5 Å². The second kappa shape index (κ2) is 9.21. The largest absolute Gasteiger partial charge is 0.487 e. The third-order valence-corrected chi connectivity index (χ3v) is 6.86. The Morgan fingerprint density at radius 3 is 2.41 bits per heavy atom. The van der Waals surface area contributed by atoms with Crippen molar-refractivity contribution in [3.05, 3.63) is 94.3 Å². The number of nitrogens with zero attached hydrogens (tertiary/aromatic N) is 1. The molecule has 0 spiro atoms. The lowest BCUT2D eigenvalue weighted by Gasteiger charge is -2.24. The van der Waals surface area contributed by atoms with Crippen LogP contribution in [0.1, 0.15) is 53.4 Å². The fourth-order valence-corrected chi connectivity index (χ4v) is 5.32. The van der Waals surface area contributed by atoms with Crippen LogP contribution in [0.4, 0.5) is 4.39 Å². The molecule has 192 valence electrons. The normalized spacial score (nSPS) is 18.9. The Hall–Kier alpha value is -3.87. The summed E-state index contributed by atoms with van der Waals surface area (Å²) in [5, 5.41) is 9.50. The van der Waals surface area contributed by atoms with Gasteiger partial charge in [0.25, 0.3) is 5.91 Å². The molecule has 1 atom stereocenters. The van der Waals surface area contributed by atoms with E-state index in [4.69, 9.17) is 9.47 Å². The average molecular weight is 504 g/mol. The molecule has 2 aliphatic rings. The minimum absolute atomic E-state index is 0.164. The van der Waals surface area contributed by atoms with E-state index in [0.717, 1.165) is 28.9 Å². The first-order valence-corrected chi connectivity index (χ1v) is 12.4. The SMILES string of the molecule is CC1(C)Cc2cc(CN(CC(=O)O)C(=O)c3ccc4c(c3)C[C@@](C)(Cc3ccccc3F)O4)ccc2O1. The Bertz CT molecular complexity index is 1380. The zero-order chi connectivity index (χ0) is 26.4. The summed E-state index contributed by atoms with van der Waals surface area (Å²) in [4.78, 5) is 26.4. The third-order valence-electron chi connectivity index (χ3n) is 6.86. The van der Waals surface area contributed by atoms with Gasteiger partial charge in [-0.2, -0.15) is 0 Å². The minimum Gasteiger partial charge on any atom is -0.487 e. The van der Waals surface area contributed by atoms with Crippen LogP contribution in [-0.2, 0) is 30.6 Å². The van der Waals surface area contributed by atoms with E-state index in [0.29, 0.717) is 29.7 Å². The van der Waals surface area contributed by atoms with Crippen molar-refractivity contribution in [1.29, 1.82) is 0 Å². The number of halogens is 1. The predicted molar refractivity (Wildman–Crippen MR) is 137 cm³/mol. The number of rotatable bonds is 7. The van der Waals surface area contributed by atoms with Gasteiger partial charge in [-0.1, -0.05) is 30.3 Å². The van der Waals surface area contributed by atoms with E-state index in [9.17, 15) is 19.1 Å². The van der Waals surface area contributed by atoms with Crippen LogP contribution in [0.2, 0.25) is 0 Å².